The Morgan fingerprint density at radius 3 is 2.62 bits per heavy atom. The molecule has 2 aromatic rings. The molecule has 2 heterocycles. The quantitative estimate of drug-likeness (QED) is 0.763. The number of hydrogen-bond donors (Lipinski definition) is 1. The maximum Gasteiger partial charge on any atom is 0.407 e. The molecule has 0 spiro atoms. The number of nitrogens with one attached hydrogen (secondary N) is 1. The van der Waals surface area contributed by atoms with Gasteiger partial charge in [0.05, 0.1) is 12.1 Å². The lowest BCUT2D eigenvalue weighted by molar-refractivity contribution is -0.132. The van der Waals surface area contributed by atoms with Crippen LogP contribution in [0.1, 0.15) is 63.1 Å². The van der Waals surface area contributed by atoms with Crippen LogP contribution in [-0.4, -0.2) is 51.9 Å². The summed E-state index contributed by atoms with van der Waals surface area (Å²) in [6.45, 7) is 13.3. The lowest BCUT2D eigenvalue weighted by Crippen LogP contribution is -2.41. The van der Waals surface area contributed by atoms with E-state index in [4.69, 9.17) is 4.74 Å². The molecule has 0 bridgehead atoms. The molecular weight excluding hydrogens is 404 g/mol. The number of benzene rings is 1. The second-order valence-corrected chi connectivity index (χ2v) is 10.6. The largest absolute Gasteiger partial charge is 0.444 e. The summed E-state index contributed by atoms with van der Waals surface area (Å²) in [5, 5.41) is 7.13. The number of alkyl carbamates (subject to hydrolysis) is 1. The summed E-state index contributed by atoms with van der Waals surface area (Å²) in [5.41, 5.74) is 2.45. The number of aromatic nitrogens is 2. The summed E-state index contributed by atoms with van der Waals surface area (Å²) < 4.78 is 7.18. The second-order valence-electron chi connectivity index (χ2n) is 10.6. The van der Waals surface area contributed by atoms with Crippen LogP contribution in [0.15, 0.2) is 36.7 Å². The zero-order valence-electron chi connectivity index (χ0n) is 20.3. The second kappa shape index (κ2) is 8.96. The normalized spacial score (nSPS) is 19.0. The van der Waals surface area contributed by atoms with Crippen LogP contribution in [-0.2, 0) is 16.6 Å². The van der Waals surface area contributed by atoms with Gasteiger partial charge in [-0.05, 0) is 44.2 Å². The smallest absolute Gasteiger partial charge is 0.407 e. The number of amides is 2. The molecule has 0 aliphatic carbocycles. The highest BCUT2D eigenvalue weighted by Crippen LogP contribution is 2.43. The minimum absolute atomic E-state index is 0.0196. The third-order valence-corrected chi connectivity index (χ3v) is 5.98. The van der Waals surface area contributed by atoms with Crippen LogP contribution in [0.2, 0.25) is 0 Å². The van der Waals surface area contributed by atoms with Gasteiger partial charge in [0.15, 0.2) is 0 Å². The molecule has 2 unspecified atom stereocenters. The molecule has 1 aromatic carbocycles. The molecule has 7 nitrogen and oxygen atoms in total. The highest BCUT2D eigenvalue weighted by Gasteiger charge is 2.44. The van der Waals surface area contributed by atoms with Gasteiger partial charge in [0.1, 0.15) is 5.60 Å². The van der Waals surface area contributed by atoms with Gasteiger partial charge in [0, 0.05) is 38.8 Å². The van der Waals surface area contributed by atoms with Crippen molar-refractivity contribution in [2.45, 2.75) is 59.0 Å². The van der Waals surface area contributed by atoms with Crippen molar-refractivity contribution in [3.63, 3.8) is 0 Å². The number of hydrogen-bond acceptors (Lipinski definition) is 4. The van der Waals surface area contributed by atoms with E-state index in [0.29, 0.717) is 13.1 Å². The molecule has 2 amide bonds. The average Bonchev–Trinajstić information content (AvgIpc) is 3.22. The number of carbonyl (C=O) groups excluding carboxylic acids is 2. The highest BCUT2D eigenvalue weighted by molar-refractivity contribution is 5.85. The number of carbonyl (C=O) groups is 2. The van der Waals surface area contributed by atoms with E-state index in [0.717, 1.165) is 16.7 Å². The standard InChI is InChI=1S/C25H36N4O3/c1-17-9-8-10-18(11-17)20(13-26-23(31)32-24(2,3)4)22(30)29-15-21(25(5,6)16-29)19-12-27-28(7)14-19/h8-12,14,20-21H,13,15-16H2,1-7H3,(H,26,31). The van der Waals surface area contributed by atoms with Crippen LogP contribution < -0.4 is 5.32 Å². The summed E-state index contributed by atoms with van der Waals surface area (Å²) >= 11 is 0. The fraction of sp³-hybridized carbons (Fsp3) is 0.560. The maximum absolute atomic E-state index is 13.7. The molecular formula is C25H36N4O3. The number of nitrogens with zero attached hydrogens (tertiary/aromatic N) is 3. The predicted molar refractivity (Wildman–Crippen MR) is 124 cm³/mol. The Hall–Kier alpha value is -2.83. The van der Waals surface area contributed by atoms with Crippen molar-refractivity contribution in [2.24, 2.45) is 12.5 Å². The van der Waals surface area contributed by atoms with Gasteiger partial charge in [0.2, 0.25) is 5.91 Å². The van der Waals surface area contributed by atoms with Crippen LogP contribution in [0.4, 0.5) is 4.79 Å². The van der Waals surface area contributed by atoms with Gasteiger partial charge in [-0.1, -0.05) is 43.7 Å². The number of likely N-dealkylation sites (tertiary alicyclic amines) is 1. The van der Waals surface area contributed by atoms with E-state index >= 15 is 0 Å². The summed E-state index contributed by atoms with van der Waals surface area (Å²) in [6, 6.07) is 7.92. The molecule has 174 valence electrons. The number of rotatable bonds is 5. The fourth-order valence-electron chi connectivity index (χ4n) is 4.43. The van der Waals surface area contributed by atoms with Gasteiger partial charge >= 0.3 is 6.09 Å². The van der Waals surface area contributed by atoms with E-state index in [1.165, 1.54) is 0 Å². The SMILES string of the molecule is Cc1cccc(C(CNC(=O)OC(C)(C)C)C(=O)N2CC(c3cnn(C)c3)C(C)(C)C2)c1. The first-order chi connectivity index (χ1) is 14.9. The molecule has 7 heteroatoms. The zero-order valence-corrected chi connectivity index (χ0v) is 20.3. The van der Waals surface area contributed by atoms with E-state index in [2.05, 4.69) is 24.3 Å². The first-order valence-corrected chi connectivity index (χ1v) is 11.2. The van der Waals surface area contributed by atoms with Gasteiger partial charge in [0.25, 0.3) is 0 Å². The summed E-state index contributed by atoms with van der Waals surface area (Å²) in [4.78, 5) is 28.0. The molecule has 1 aromatic heterocycles. The van der Waals surface area contributed by atoms with Gasteiger partial charge in [-0.3, -0.25) is 9.48 Å². The van der Waals surface area contributed by atoms with E-state index < -0.39 is 17.6 Å². The van der Waals surface area contributed by atoms with Crippen molar-refractivity contribution in [1.29, 1.82) is 0 Å². The first kappa shape index (κ1) is 23.8. The molecule has 1 saturated heterocycles. The summed E-state index contributed by atoms with van der Waals surface area (Å²) in [6.07, 6.45) is 3.41. The Bertz CT molecular complexity index is 974. The van der Waals surface area contributed by atoms with Gasteiger partial charge in [-0.2, -0.15) is 5.10 Å². The summed E-state index contributed by atoms with van der Waals surface area (Å²) in [5.74, 6) is -0.255. The molecule has 1 aliphatic heterocycles. The fourth-order valence-corrected chi connectivity index (χ4v) is 4.43. The molecule has 0 radical (unpaired) electrons. The van der Waals surface area contributed by atoms with Crippen molar-refractivity contribution >= 4 is 12.0 Å². The zero-order chi connectivity index (χ0) is 23.7. The third-order valence-electron chi connectivity index (χ3n) is 5.98. The van der Waals surface area contributed by atoms with Crippen molar-refractivity contribution in [3.8, 4) is 0 Å². The molecule has 2 atom stereocenters. The molecule has 3 rings (SSSR count). The number of ether oxygens (including phenoxy) is 1. The van der Waals surface area contributed by atoms with Crippen LogP contribution in [0, 0.1) is 12.3 Å². The summed E-state index contributed by atoms with van der Waals surface area (Å²) in [7, 11) is 1.91. The van der Waals surface area contributed by atoms with Crippen LogP contribution >= 0.6 is 0 Å². The number of aryl methyl sites for hydroxylation is 2. The monoisotopic (exact) mass is 440 g/mol. The lowest BCUT2D eigenvalue weighted by atomic mass is 9.79. The Kier molecular flexibility index (Phi) is 6.67. The van der Waals surface area contributed by atoms with Crippen molar-refractivity contribution in [1.82, 2.24) is 20.0 Å². The molecule has 1 fully saturated rings. The minimum atomic E-state index is -0.594. The molecule has 32 heavy (non-hydrogen) atoms. The highest BCUT2D eigenvalue weighted by atomic mass is 16.6. The Morgan fingerprint density at radius 1 is 1.31 bits per heavy atom. The van der Waals surface area contributed by atoms with E-state index in [9.17, 15) is 9.59 Å². The molecule has 1 aliphatic rings. The van der Waals surface area contributed by atoms with Crippen molar-refractivity contribution < 1.29 is 14.3 Å². The molecule has 0 saturated carbocycles. The van der Waals surface area contributed by atoms with Crippen molar-refractivity contribution in [3.05, 3.63) is 53.3 Å². The molecule has 1 N–H and O–H groups in total. The topological polar surface area (TPSA) is 76.5 Å². The van der Waals surface area contributed by atoms with Crippen LogP contribution in [0.25, 0.3) is 0 Å². The van der Waals surface area contributed by atoms with Gasteiger partial charge in [-0.25, -0.2) is 4.79 Å². The first-order valence-electron chi connectivity index (χ1n) is 11.2. The Labute approximate surface area is 191 Å². The predicted octanol–water partition coefficient (Wildman–Crippen LogP) is 3.99. The van der Waals surface area contributed by atoms with E-state index in [1.54, 1.807) is 4.68 Å². The third kappa shape index (κ3) is 5.69. The Morgan fingerprint density at radius 2 is 2.03 bits per heavy atom. The van der Waals surface area contributed by atoms with Crippen LogP contribution in [0.3, 0.4) is 0 Å². The van der Waals surface area contributed by atoms with E-state index in [-0.39, 0.29) is 23.8 Å². The minimum Gasteiger partial charge on any atom is -0.444 e. The van der Waals surface area contributed by atoms with Crippen LogP contribution in [0.5, 0.6) is 0 Å². The van der Waals surface area contributed by atoms with Gasteiger partial charge in [-0.15, -0.1) is 0 Å². The lowest BCUT2D eigenvalue weighted by Gasteiger charge is -2.26. The van der Waals surface area contributed by atoms with Gasteiger partial charge < -0.3 is 15.0 Å². The van der Waals surface area contributed by atoms with E-state index in [1.807, 2.05) is 76.3 Å². The Balaban J connectivity index is 1.81. The van der Waals surface area contributed by atoms with Crippen molar-refractivity contribution in [2.75, 3.05) is 19.6 Å². The maximum atomic E-state index is 13.7. The average molecular weight is 441 g/mol.